The summed E-state index contributed by atoms with van der Waals surface area (Å²) in [7, 11) is 3.42. The number of benzene rings is 1. The second kappa shape index (κ2) is 4.60. The van der Waals surface area contributed by atoms with Crippen molar-refractivity contribution in [3.8, 4) is 23.1 Å². The average molecular weight is 292 g/mol. The Kier molecular flexibility index (Phi) is 3.16. The molecule has 0 saturated carbocycles. The molecule has 2 aromatic rings. The lowest BCUT2D eigenvalue weighted by atomic mass is 10.1. The van der Waals surface area contributed by atoms with Crippen molar-refractivity contribution in [3.05, 3.63) is 34.4 Å². The number of halogens is 1. The van der Waals surface area contributed by atoms with Gasteiger partial charge in [-0.05, 0) is 18.2 Å². The van der Waals surface area contributed by atoms with Crippen LogP contribution >= 0.6 is 15.9 Å². The quantitative estimate of drug-likeness (QED) is 0.855. The molecule has 0 bridgehead atoms. The third kappa shape index (κ3) is 2.17. The monoisotopic (exact) mass is 291 g/mol. The molecule has 0 atom stereocenters. The SMILES string of the molecule is COc1ccc(Br)cc1-c1cc(C#N)nn1C. The zero-order valence-corrected chi connectivity index (χ0v) is 11.0. The summed E-state index contributed by atoms with van der Waals surface area (Å²) in [5, 5.41) is 12.9. The van der Waals surface area contributed by atoms with Gasteiger partial charge in [-0.15, -0.1) is 0 Å². The van der Waals surface area contributed by atoms with E-state index in [4.69, 9.17) is 10.00 Å². The second-order valence-corrected chi connectivity index (χ2v) is 4.41. The van der Waals surface area contributed by atoms with Crippen molar-refractivity contribution in [2.75, 3.05) is 7.11 Å². The van der Waals surface area contributed by atoms with Crippen LogP contribution in [0.2, 0.25) is 0 Å². The Morgan fingerprint density at radius 1 is 1.41 bits per heavy atom. The van der Waals surface area contributed by atoms with Gasteiger partial charge in [0.05, 0.1) is 12.8 Å². The van der Waals surface area contributed by atoms with Gasteiger partial charge < -0.3 is 4.74 Å². The molecule has 0 aliphatic carbocycles. The van der Waals surface area contributed by atoms with Crippen LogP contribution in [0.25, 0.3) is 11.3 Å². The van der Waals surface area contributed by atoms with E-state index >= 15 is 0 Å². The lowest BCUT2D eigenvalue weighted by molar-refractivity contribution is 0.416. The molecule has 2 rings (SSSR count). The highest BCUT2D eigenvalue weighted by Crippen LogP contribution is 2.32. The Hall–Kier alpha value is -1.80. The van der Waals surface area contributed by atoms with Crippen molar-refractivity contribution in [2.24, 2.45) is 7.05 Å². The molecule has 17 heavy (non-hydrogen) atoms. The first kappa shape index (κ1) is 11.7. The highest BCUT2D eigenvalue weighted by molar-refractivity contribution is 9.10. The molecule has 0 spiro atoms. The molecule has 0 aliphatic heterocycles. The molecule has 0 saturated heterocycles. The minimum absolute atomic E-state index is 0.393. The van der Waals surface area contributed by atoms with E-state index in [1.54, 1.807) is 24.9 Å². The van der Waals surface area contributed by atoms with Gasteiger partial charge >= 0.3 is 0 Å². The van der Waals surface area contributed by atoms with E-state index in [0.717, 1.165) is 21.5 Å². The first-order chi connectivity index (χ1) is 8.15. The molecule has 86 valence electrons. The molecule has 1 heterocycles. The summed E-state index contributed by atoms with van der Waals surface area (Å²) in [6.07, 6.45) is 0. The highest BCUT2D eigenvalue weighted by Gasteiger charge is 2.12. The molecule has 0 N–H and O–H groups in total. The molecular formula is C12H10BrN3O. The molecule has 0 radical (unpaired) electrons. The van der Waals surface area contributed by atoms with Crippen molar-refractivity contribution < 1.29 is 4.74 Å². The summed E-state index contributed by atoms with van der Waals surface area (Å²) < 4.78 is 7.93. The maximum atomic E-state index is 8.84. The Balaban J connectivity index is 2.63. The summed E-state index contributed by atoms with van der Waals surface area (Å²) in [5.74, 6) is 0.751. The smallest absolute Gasteiger partial charge is 0.163 e. The van der Waals surface area contributed by atoms with E-state index in [0.29, 0.717) is 5.69 Å². The third-order valence-electron chi connectivity index (χ3n) is 2.43. The van der Waals surface area contributed by atoms with Crippen LogP contribution < -0.4 is 4.74 Å². The normalized spacial score (nSPS) is 10.0. The minimum atomic E-state index is 0.393. The van der Waals surface area contributed by atoms with Crippen LogP contribution in [0.1, 0.15) is 5.69 Å². The minimum Gasteiger partial charge on any atom is -0.496 e. The number of nitrogens with zero attached hydrogens (tertiary/aromatic N) is 3. The molecule has 0 unspecified atom stereocenters. The fourth-order valence-electron chi connectivity index (χ4n) is 1.65. The predicted molar refractivity (Wildman–Crippen MR) is 67.6 cm³/mol. The Morgan fingerprint density at radius 3 is 2.76 bits per heavy atom. The number of hydrogen-bond acceptors (Lipinski definition) is 3. The van der Waals surface area contributed by atoms with Crippen LogP contribution in [0.4, 0.5) is 0 Å². The van der Waals surface area contributed by atoms with Crippen molar-refractivity contribution in [2.45, 2.75) is 0 Å². The summed E-state index contributed by atoms with van der Waals surface area (Å²) in [6.45, 7) is 0. The lowest BCUT2D eigenvalue weighted by Gasteiger charge is -2.08. The van der Waals surface area contributed by atoms with Gasteiger partial charge in [0.1, 0.15) is 11.8 Å². The zero-order chi connectivity index (χ0) is 12.4. The lowest BCUT2D eigenvalue weighted by Crippen LogP contribution is -1.96. The van der Waals surface area contributed by atoms with Crippen LogP contribution in [-0.4, -0.2) is 16.9 Å². The van der Waals surface area contributed by atoms with Crippen molar-refractivity contribution in [3.63, 3.8) is 0 Å². The maximum absolute atomic E-state index is 8.84. The van der Waals surface area contributed by atoms with Crippen LogP contribution in [0, 0.1) is 11.3 Å². The molecule has 1 aromatic heterocycles. The number of methoxy groups -OCH3 is 1. The van der Waals surface area contributed by atoms with Crippen LogP contribution in [0.15, 0.2) is 28.7 Å². The molecule has 0 fully saturated rings. The van der Waals surface area contributed by atoms with Crippen molar-refractivity contribution >= 4 is 15.9 Å². The van der Waals surface area contributed by atoms with Gasteiger partial charge in [0, 0.05) is 23.2 Å². The van der Waals surface area contributed by atoms with E-state index in [9.17, 15) is 0 Å². The van der Waals surface area contributed by atoms with Gasteiger partial charge in [0.15, 0.2) is 5.69 Å². The van der Waals surface area contributed by atoms with Gasteiger partial charge in [-0.1, -0.05) is 15.9 Å². The molecule has 5 heteroatoms. The van der Waals surface area contributed by atoms with Crippen LogP contribution in [0.3, 0.4) is 0 Å². The summed E-state index contributed by atoms with van der Waals surface area (Å²) in [5.41, 5.74) is 2.14. The van der Waals surface area contributed by atoms with Gasteiger partial charge in [0.25, 0.3) is 0 Å². The van der Waals surface area contributed by atoms with E-state index in [2.05, 4.69) is 21.0 Å². The summed E-state index contributed by atoms with van der Waals surface area (Å²) in [6, 6.07) is 9.49. The Bertz CT molecular complexity index is 598. The third-order valence-corrected chi connectivity index (χ3v) is 2.93. The van der Waals surface area contributed by atoms with Gasteiger partial charge in [0.2, 0.25) is 0 Å². The topological polar surface area (TPSA) is 50.8 Å². The number of hydrogen-bond donors (Lipinski definition) is 0. The zero-order valence-electron chi connectivity index (χ0n) is 9.44. The molecular weight excluding hydrogens is 282 g/mol. The fraction of sp³-hybridized carbons (Fsp3) is 0.167. The number of aryl methyl sites for hydroxylation is 1. The fourth-order valence-corrected chi connectivity index (χ4v) is 2.02. The standard InChI is InChI=1S/C12H10BrN3O/c1-16-11(6-9(7-14)15-16)10-5-8(13)3-4-12(10)17-2/h3-6H,1-2H3. The molecule has 4 nitrogen and oxygen atoms in total. The largest absolute Gasteiger partial charge is 0.496 e. The van der Waals surface area contributed by atoms with E-state index in [1.807, 2.05) is 24.3 Å². The first-order valence-corrected chi connectivity index (χ1v) is 5.73. The second-order valence-electron chi connectivity index (χ2n) is 3.49. The van der Waals surface area contributed by atoms with Gasteiger partial charge in [-0.2, -0.15) is 10.4 Å². The number of rotatable bonds is 2. The Morgan fingerprint density at radius 2 is 2.18 bits per heavy atom. The number of ether oxygens (including phenoxy) is 1. The van der Waals surface area contributed by atoms with Crippen LogP contribution in [0.5, 0.6) is 5.75 Å². The first-order valence-electron chi connectivity index (χ1n) is 4.93. The molecule has 0 aliphatic rings. The maximum Gasteiger partial charge on any atom is 0.163 e. The van der Waals surface area contributed by atoms with Crippen molar-refractivity contribution in [1.82, 2.24) is 9.78 Å². The van der Waals surface area contributed by atoms with E-state index in [1.165, 1.54) is 0 Å². The summed E-state index contributed by atoms with van der Waals surface area (Å²) in [4.78, 5) is 0. The highest BCUT2D eigenvalue weighted by atomic mass is 79.9. The van der Waals surface area contributed by atoms with E-state index < -0.39 is 0 Å². The predicted octanol–water partition coefficient (Wildman–Crippen LogP) is 2.73. The number of nitriles is 1. The summed E-state index contributed by atoms with van der Waals surface area (Å²) >= 11 is 3.42. The van der Waals surface area contributed by atoms with E-state index in [-0.39, 0.29) is 0 Å². The van der Waals surface area contributed by atoms with Gasteiger partial charge in [-0.3, -0.25) is 4.68 Å². The van der Waals surface area contributed by atoms with Gasteiger partial charge in [-0.25, -0.2) is 0 Å². The molecule has 0 amide bonds. The van der Waals surface area contributed by atoms with Crippen molar-refractivity contribution in [1.29, 1.82) is 5.26 Å². The Labute approximate surface area is 108 Å². The molecule has 1 aromatic carbocycles. The number of aromatic nitrogens is 2. The average Bonchev–Trinajstić information content (AvgIpc) is 2.70. The van der Waals surface area contributed by atoms with Crippen LogP contribution in [-0.2, 0) is 7.05 Å².